The molecule has 748 valence electrons. The topological polar surface area (TPSA) is 840 Å². The SMILES string of the molecule is CC(=O)OCC1O[C@@H](O[C@@H]2C(CN)O[C@H](O)C(OC(C)=O)[C@H]2OC(C)=O)C(OC(C)=O)[C@@H](OC(C)=O)[C@@H]1O.CCC1O[C@H](O)C(O)[C@@H](O)[C@@H]1O[C@@H]1OC(CO)[C@@H](O)[C@H](O)C1O.CCC1O[C@H](O)C(OC(C)=O)[C@@H](OC(C)=O)[C@@H]1O[C@@H]1OC(COC(C)=O)[C@@H](O)[C@H](OC(C)=O)C1OC(C)=O.CCO.NCC1O[C@H](O)C(O)[C@@H](O)[C@@H]1O[C@@H]1OC(CO)[C@@H](O)[C@H](O)C1O.[I-].[I-].[Na+].[OH-]. The Kier molecular flexibility index (Phi) is 57.8. The van der Waals surface area contributed by atoms with Gasteiger partial charge in [-0.05, 0) is 19.8 Å². The van der Waals surface area contributed by atoms with Crippen molar-refractivity contribution < 1.29 is 332 Å². The first-order valence-corrected chi connectivity index (χ1v) is 39.2. The monoisotopic (exact) mass is 2120 g/mol. The molecule has 16 unspecified atom stereocenters. The van der Waals surface area contributed by atoms with E-state index >= 15 is 0 Å². The van der Waals surface area contributed by atoms with Crippen LogP contribution in [0.15, 0.2) is 0 Å². The smallest absolute Gasteiger partial charge is 1.00 e. The van der Waals surface area contributed by atoms with Crippen LogP contribution in [0.4, 0.5) is 0 Å². The Morgan fingerprint density at radius 3 is 0.791 bits per heavy atom. The molecule has 54 nitrogen and oxygen atoms in total. The van der Waals surface area contributed by atoms with Crippen LogP contribution in [0.1, 0.15) is 103 Å². The van der Waals surface area contributed by atoms with Gasteiger partial charge < -0.3 is 266 Å². The predicted molar refractivity (Wildman–Crippen MR) is 395 cm³/mol. The van der Waals surface area contributed by atoms with Crippen LogP contribution in [0.2, 0.25) is 0 Å². The van der Waals surface area contributed by atoms with Crippen LogP contribution >= 0.6 is 0 Å². The number of esters is 10. The Hall–Kier alpha value is -4.20. The largest absolute Gasteiger partial charge is 1.00 e. The van der Waals surface area contributed by atoms with Crippen LogP contribution in [0.3, 0.4) is 0 Å². The number of hydrogen-bond acceptors (Lipinski definition) is 54. The van der Waals surface area contributed by atoms with Crippen molar-refractivity contribution in [2.45, 2.75) is 348 Å². The first-order valence-electron chi connectivity index (χ1n) is 39.2. The maximum Gasteiger partial charge on any atom is 1.00 e. The number of carbonyl (C=O) groups is 10. The fourth-order valence-electron chi connectivity index (χ4n) is 13.6. The molecule has 0 aromatic heterocycles. The summed E-state index contributed by atoms with van der Waals surface area (Å²) in [5.74, 6) is -8.08. The number of ether oxygens (including phenoxy) is 22. The zero-order valence-corrected chi connectivity index (χ0v) is 78.7. The van der Waals surface area contributed by atoms with Crippen LogP contribution in [0.25, 0.3) is 0 Å². The molecule has 0 aromatic carbocycles. The summed E-state index contributed by atoms with van der Waals surface area (Å²) in [7, 11) is 0. The summed E-state index contributed by atoms with van der Waals surface area (Å²) in [6.45, 7) is 13.3. The second-order valence-electron chi connectivity index (χ2n) is 28.9. The van der Waals surface area contributed by atoms with E-state index in [1.54, 1.807) is 20.8 Å². The number of carbonyl (C=O) groups excluding carboxylic acids is 10. The van der Waals surface area contributed by atoms with Crippen molar-refractivity contribution in [2.75, 3.05) is 46.1 Å². The van der Waals surface area contributed by atoms with Crippen molar-refractivity contribution in [3.05, 3.63) is 0 Å². The second kappa shape index (κ2) is 59.7. The van der Waals surface area contributed by atoms with Gasteiger partial charge in [-0.25, -0.2) is 0 Å². The van der Waals surface area contributed by atoms with E-state index in [0.29, 0.717) is 6.42 Å². The molecule has 8 rings (SSSR count). The molecule has 0 saturated carbocycles. The summed E-state index contributed by atoms with van der Waals surface area (Å²) < 4.78 is 117. The van der Waals surface area contributed by atoms with E-state index in [4.69, 9.17) is 131 Å². The average Bonchev–Trinajstić information content (AvgIpc) is 0.782. The molecule has 40 atom stereocenters. The summed E-state index contributed by atoms with van der Waals surface area (Å²) in [6, 6.07) is 0. The van der Waals surface area contributed by atoms with Crippen molar-refractivity contribution >= 4 is 59.7 Å². The zero-order valence-electron chi connectivity index (χ0n) is 72.4. The minimum atomic E-state index is -1.76. The van der Waals surface area contributed by atoms with Gasteiger partial charge in [-0.15, -0.1) is 0 Å². The predicted octanol–water partition coefficient (Wildman–Crippen LogP) is -22.3. The van der Waals surface area contributed by atoms with E-state index < -0.39 is 332 Å². The van der Waals surface area contributed by atoms with Crippen molar-refractivity contribution in [2.24, 2.45) is 11.5 Å². The molecule has 0 amide bonds. The quantitative estimate of drug-likeness (QED) is 0.0165. The number of hydrogen-bond donors (Lipinski definition) is 21. The molecule has 0 radical (unpaired) electrons. The van der Waals surface area contributed by atoms with Crippen LogP contribution in [-0.2, 0) is 152 Å². The minimum Gasteiger partial charge on any atom is -1.00 e. The molecule has 8 fully saturated rings. The van der Waals surface area contributed by atoms with Gasteiger partial charge >= 0.3 is 89.3 Å². The molecule has 8 aliphatic rings. The number of halogens is 2. The number of nitrogens with two attached hydrogens (primary N) is 2. The second-order valence-corrected chi connectivity index (χ2v) is 28.9. The standard InChI is InChI=1S/C23H34O15.C22H33NO15.C13H24O10.C12H23NO10.C2H6O.2HI.Na.H2O/c1-7-14-17(19(33-11(4)26)20(22(30)36-14)34-12(5)27)38-23-21(35-13(6)28)18(32-10(3)25)16(29)15(37-23)8-31-9(2)24;1-8(24)31-7-14-15(29)17(32-9(2)25)20(35-12(5)28)22(37-14)38-16-13(6-23)36-21(30)19(34-11(4)27)18(16)33-10(3)26;1-2-4-11(8(17)9(18)12(20)21-4)23-13-10(19)7(16)6(15)5(3-14)22-13;13-1-3-10(7(17)8(18)11(20)21-3)23-12-9(19)6(16)5(15)4(2-14)22-12;1-2-3;;;;/h14-23,29-30H,7-8H2,1-6H3;13-22,29-30H,6-7,23H2,1-5H3;4-20H,2-3H2,1H3;3-12,14-20H,1-2,13H2;3H,2H2,1H3;2*1H;;1H2/q;;;;;;;+1;/p-3/t14?,15?,16-,17-,18+,19+,20?,21?,22+,23+;13?,14?,15-,16-,17+,18+,19?,20?,21+,22+;4?,5?,6-,7+,8-,9?,10?,11-,12+,13+;3?,4?,5-,6+,7-,8?,9?,10-,11+,12+;;;;;/m1111...../s1. The van der Waals surface area contributed by atoms with Gasteiger partial charge in [-0.3, -0.25) is 47.9 Å². The van der Waals surface area contributed by atoms with E-state index in [-0.39, 0.29) is 109 Å². The normalized spacial score (nSPS) is 39.1. The third kappa shape index (κ3) is 36.0. The first-order chi connectivity index (χ1) is 58.5. The number of aliphatic hydroxyl groups is 19. The molecule has 24 N–H and O–H groups in total. The molecule has 129 heavy (non-hydrogen) atoms. The van der Waals surface area contributed by atoms with Crippen molar-refractivity contribution in [1.82, 2.24) is 0 Å². The van der Waals surface area contributed by atoms with Crippen molar-refractivity contribution in [3.8, 4) is 0 Å². The molecular weight excluding hydrogens is 2000 g/mol. The van der Waals surface area contributed by atoms with E-state index in [1.807, 2.05) is 0 Å². The summed E-state index contributed by atoms with van der Waals surface area (Å²) >= 11 is 0. The van der Waals surface area contributed by atoms with E-state index in [0.717, 1.165) is 69.2 Å². The maximum atomic E-state index is 11.9. The Balaban J connectivity index is 0.00000170. The molecule has 0 bridgehead atoms. The molecule has 8 aliphatic heterocycles. The Bertz CT molecular complexity index is 3160. The zero-order chi connectivity index (χ0) is 94.8. The summed E-state index contributed by atoms with van der Waals surface area (Å²) in [5, 5.41) is 185. The molecular formula is C72H121I2N2NaO52-2. The Morgan fingerprint density at radius 1 is 0.256 bits per heavy atom. The Labute approximate surface area is 793 Å². The summed E-state index contributed by atoms with van der Waals surface area (Å²) in [6.07, 6.45) is -58.1. The van der Waals surface area contributed by atoms with E-state index in [9.17, 15) is 130 Å². The summed E-state index contributed by atoms with van der Waals surface area (Å²) in [4.78, 5) is 117. The Morgan fingerprint density at radius 2 is 0.496 bits per heavy atom. The van der Waals surface area contributed by atoms with Gasteiger partial charge in [0.25, 0.3) is 0 Å². The van der Waals surface area contributed by atoms with E-state index in [1.165, 1.54) is 0 Å². The van der Waals surface area contributed by atoms with Gasteiger partial charge in [-0.1, -0.05) is 13.8 Å². The third-order valence-electron chi connectivity index (χ3n) is 19.2. The summed E-state index contributed by atoms with van der Waals surface area (Å²) in [5.41, 5.74) is 11.2. The molecule has 8 saturated heterocycles. The first kappa shape index (κ1) is 125. The molecule has 0 aliphatic carbocycles. The van der Waals surface area contributed by atoms with Crippen molar-refractivity contribution in [1.29, 1.82) is 0 Å². The van der Waals surface area contributed by atoms with E-state index in [2.05, 4.69) is 0 Å². The fraction of sp³-hybridized carbons (Fsp3) is 0.861. The van der Waals surface area contributed by atoms with Crippen molar-refractivity contribution in [3.63, 3.8) is 0 Å². The van der Waals surface area contributed by atoms with Crippen LogP contribution in [-0.4, -0.2) is 454 Å². The maximum absolute atomic E-state index is 11.9. The van der Waals surface area contributed by atoms with Gasteiger partial charge in [0.2, 0.25) is 0 Å². The van der Waals surface area contributed by atoms with Gasteiger partial charge in [-0.2, -0.15) is 0 Å². The molecule has 8 heterocycles. The van der Waals surface area contributed by atoms with Crippen LogP contribution in [0, 0.1) is 0 Å². The van der Waals surface area contributed by atoms with Crippen LogP contribution in [0.5, 0.6) is 0 Å². The third-order valence-corrected chi connectivity index (χ3v) is 19.2. The number of aliphatic hydroxyl groups excluding tert-OH is 19. The minimum absolute atomic E-state index is 0. The van der Waals surface area contributed by atoms with Crippen LogP contribution < -0.4 is 89.0 Å². The van der Waals surface area contributed by atoms with Gasteiger partial charge in [0.15, 0.2) is 99.2 Å². The molecule has 0 spiro atoms. The van der Waals surface area contributed by atoms with Gasteiger partial charge in [0.1, 0.15) is 148 Å². The molecule has 0 aromatic rings. The van der Waals surface area contributed by atoms with Gasteiger partial charge in [0, 0.05) is 88.9 Å². The van der Waals surface area contributed by atoms with Gasteiger partial charge in [0.05, 0.1) is 25.4 Å². The molecule has 57 heteroatoms. The number of rotatable bonds is 26. The fourth-order valence-corrected chi connectivity index (χ4v) is 13.6. The average molecular weight is 2120 g/mol.